The fourth-order valence-corrected chi connectivity index (χ4v) is 1.02. The van der Waals surface area contributed by atoms with E-state index in [0.717, 1.165) is 0 Å². The van der Waals surface area contributed by atoms with Crippen LogP contribution >= 0.6 is 0 Å². The molecule has 0 radical (unpaired) electrons. The van der Waals surface area contributed by atoms with Crippen LogP contribution < -0.4 is 0 Å². The van der Waals surface area contributed by atoms with Crippen molar-refractivity contribution >= 4 is 0 Å². The second kappa shape index (κ2) is 3.30. The minimum atomic E-state index is -0.932. The van der Waals surface area contributed by atoms with Gasteiger partial charge in [0, 0.05) is 6.61 Å². The summed E-state index contributed by atoms with van der Waals surface area (Å²) in [7, 11) is 0. The first-order valence-corrected chi connectivity index (χ1v) is 3.34. The molecule has 60 valence electrons. The monoisotopic (exact) mass is 148 g/mol. The van der Waals surface area contributed by atoms with Gasteiger partial charge in [0.15, 0.2) is 0 Å². The molecule has 3 N–H and O–H groups in total. The Kier molecular flexibility index (Phi) is 2.62. The van der Waals surface area contributed by atoms with Gasteiger partial charge >= 0.3 is 0 Å². The van der Waals surface area contributed by atoms with Gasteiger partial charge in [0.25, 0.3) is 0 Å². The Balaban J connectivity index is 2.42. The van der Waals surface area contributed by atoms with E-state index in [4.69, 9.17) is 20.1 Å². The highest BCUT2D eigenvalue weighted by Crippen LogP contribution is 2.13. The number of rotatable bonds is 1. The molecule has 0 spiro atoms. The summed E-state index contributed by atoms with van der Waals surface area (Å²) in [5, 5.41) is 26.7. The minimum absolute atomic E-state index is 0.238. The molecule has 4 heteroatoms. The molecule has 0 amide bonds. The van der Waals surface area contributed by atoms with Crippen LogP contribution in [0.5, 0.6) is 0 Å². The van der Waals surface area contributed by atoms with Crippen molar-refractivity contribution in [1.29, 1.82) is 0 Å². The van der Waals surface area contributed by atoms with Crippen LogP contribution in [0, 0.1) is 0 Å². The van der Waals surface area contributed by atoms with E-state index in [-0.39, 0.29) is 6.61 Å². The molecule has 0 aliphatic carbocycles. The smallest absolute Gasteiger partial charge is 0.109 e. The molecule has 0 bridgehead atoms. The molecular formula is C6H12O4. The molecule has 1 heterocycles. The number of hydrogen-bond acceptors (Lipinski definition) is 4. The molecule has 0 unspecified atom stereocenters. The third-order valence-electron chi connectivity index (χ3n) is 1.70. The summed E-state index contributed by atoms with van der Waals surface area (Å²) < 4.78 is 4.95. The molecule has 1 saturated heterocycles. The van der Waals surface area contributed by atoms with Crippen molar-refractivity contribution in [2.24, 2.45) is 0 Å². The molecule has 4 nitrogen and oxygen atoms in total. The van der Waals surface area contributed by atoms with Crippen LogP contribution in [-0.4, -0.2) is 46.8 Å². The lowest BCUT2D eigenvalue weighted by Gasteiger charge is -2.30. The van der Waals surface area contributed by atoms with Crippen LogP contribution in [0.2, 0.25) is 0 Å². The summed E-state index contributed by atoms with van der Waals surface area (Å²) in [5.41, 5.74) is 0. The third-order valence-corrected chi connectivity index (χ3v) is 1.70. The highest BCUT2D eigenvalue weighted by atomic mass is 16.5. The summed E-state index contributed by atoms with van der Waals surface area (Å²) in [6, 6.07) is 0. The molecule has 0 aromatic carbocycles. The topological polar surface area (TPSA) is 69.9 Å². The first-order chi connectivity index (χ1) is 4.75. The van der Waals surface area contributed by atoms with Gasteiger partial charge in [-0.3, -0.25) is 0 Å². The van der Waals surface area contributed by atoms with E-state index in [1.54, 1.807) is 0 Å². The molecule has 1 aliphatic heterocycles. The number of hydrogen-bond donors (Lipinski definition) is 3. The lowest BCUT2D eigenvalue weighted by atomic mass is 10.0. The van der Waals surface area contributed by atoms with Crippen molar-refractivity contribution < 1.29 is 20.1 Å². The van der Waals surface area contributed by atoms with E-state index >= 15 is 0 Å². The molecule has 1 aliphatic rings. The van der Waals surface area contributed by atoms with Crippen LogP contribution in [0.25, 0.3) is 0 Å². The average Bonchev–Trinajstić information content (AvgIpc) is 1.95. The van der Waals surface area contributed by atoms with Crippen molar-refractivity contribution in [2.75, 3.05) is 13.2 Å². The highest BCUT2D eigenvalue weighted by Gasteiger charge is 2.30. The predicted octanol–water partition coefficient (Wildman–Crippen LogP) is -1.51. The van der Waals surface area contributed by atoms with E-state index in [1.165, 1.54) is 0 Å². The first-order valence-electron chi connectivity index (χ1n) is 3.34. The maximum absolute atomic E-state index is 9.10. The maximum atomic E-state index is 9.10. The molecule has 0 aromatic heterocycles. The molecule has 1 rings (SSSR count). The zero-order valence-electron chi connectivity index (χ0n) is 5.60. The Morgan fingerprint density at radius 1 is 1.40 bits per heavy atom. The Hall–Kier alpha value is -0.160. The molecule has 3 atom stereocenters. The van der Waals surface area contributed by atoms with Crippen molar-refractivity contribution in [3.63, 3.8) is 0 Å². The van der Waals surface area contributed by atoms with Crippen LogP contribution in [0.3, 0.4) is 0 Å². The van der Waals surface area contributed by atoms with Gasteiger partial charge in [0.05, 0.1) is 12.7 Å². The lowest BCUT2D eigenvalue weighted by Crippen LogP contribution is -2.46. The fourth-order valence-electron chi connectivity index (χ4n) is 1.02. The summed E-state index contributed by atoms with van der Waals surface area (Å²) in [6.07, 6.45) is -1.84. The summed E-state index contributed by atoms with van der Waals surface area (Å²) in [6.45, 7) is 0.168. The fraction of sp³-hybridized carbons (Fsp3) is 1.00. The van der Waals surface area contributed by atoms with Gasteiger partial charge in [0.2, 0.25) is 0 Å². The van der Waals surface area contributed by atoms with Crippen molar-refractivity contribution in [1.82, 2.24) is 0 Å². The van der Waals surface area contributed by atoms with Crippen molar-refractivity contribution in [3.05, 3.63) is 0 Å². The van der Waals surface area contributed by atoms with Gasteiger partial charge in [-0.05, 0) is 6.42 Å². The number of aliphatic hydroxyl groups excluding tert-OH is 3. The normalized spacial score (nSPS) is 41.7. The van der Waals surface area contributed by atoms with E-state index in [1.807, 2.05) is 0 Å². The van der Waals surface area contributed by atoms with Gasteiger partial charge in [-0.15, -0.1) is 0 Å². The van der Waals surface area contributed by atoms with Crippen LogP contribution in [0.15, 0.2) is 0 Å². The average molecular weight is 148 g/mol. The molecule has 10 heavy (non-hydrogen) atoms. The standard InChI is InChI=1S/C6H12O4/c7-3-5-6(9)4(8)1-2-10-5/h4-9H,1-3H2/t4-,5-,6+/m0/s1. The van der Waals surface area contributed by atoms with Crippen LogP contribution in [0.4, 0.5) is 0 Å². The molecule has 1 fully saturated rings. The minimum Gasteiger partial charge on any atom is -0.394 e. The van der Waals surface area contributed by atoms with E-state index < -0.39 is 18.3 Å². The maximum Gasteiger partial charge on any atom is 0.109 e. The zero-order valence-corrected chi connectivity index (χ0v) is 5.60. The van der Waals surface area contributed by atoms with Gasteiger partial charge in [-0.25, -0.2) is 0 Å². The van der Waals surface area contributed by atoms with Gasteiger partial charge in [-0.1, -0.05) is 0 Å². The van der Waals surface area contributed by atoms with Crippen molar-refractivity contribution in [2.45, 2.75) is 24.7 Å². The second-order valence-electron chi connectivity index (χ2n) is 2.44. The Bertz CT molecular complexity index is 106. The van der Waals surface area contributed by atoms with Gasteiger partial charge < -0.3 is 20.1 Å². The Morgan fingerprint density at radius 2 is 2.10 bits per heavy atom. The summed E-state index contributed by atoms with van der Waals surface area (Å²) in [4.78, 5) is 0. The molecule has 0 aromatic rings. The van der Waals surface area contributed by atoms with E-state index in [2.05, 4.69) is 0 Å². The van der Waals surface area contributed by atoms with Crippen molar-refractivity contribution in [3.8, 4) is 0 Å². The summed E-state index contributed by atoms with van der Waals surface area (Å²) >= 11 is 0. The molecule has 0 saturated carbocycles. The predicted molar refractivity (Wildman–Crippen MR) is 33.5 cm³/mol. The largest absolute Gasteiger partial charge is 0.394 e. The summed E-state index contributed by atoms with van der Waals surface area (Å²) in [5.74, 6) is 0. The van der Waals surface area contributed by atoms with Gasteiger partial charge in [0.1, 0.15) is 12.2 Å². The zero-order chi connectivity index (χ0) is 7.56. The van der Waals surface area contributed by atoms with Crippen LogP contribution in [-0.2, 0) is 4.74 Å². The van der Waals surface area contributed by atoms with E-state index in [0.29, 0.717) is 13.0 Å². The lowest BCUT2D eigenvalue weighted by molar-refractivity contribution is -0.147. The number of ether oxygens (including phenoxy) is 1. The second-order valence-corrected chi connectivity index (χ2v) is 2.44. The quantitative estimate of drug-likeness (QED) is 0.423. The number of aliphatic hydroxyl groups is 3. The Labute approximate surface area is 59.1 Å². The first kappa shape index (κ1) is 7.94. The Morgan fingerprint density at radius 3 is 2.60 bits per heavy atom. The highest BCUT2D eigenvalue weighted by molar-refractivity contribution is 4.79. The SMILES string of the molecule is OC[C@@H]1OCC[C@H](O)[C@H]1O. The van der Waals surface area contributed by atoms with E-state index in [9.17, 15) is 0 Å². The third kappa shape index (κ3) is 1.46. The molecular weight excluding hydrogens is 136 g/mol. The van der Waals surface area contributed by atoms with Crippen LogP contribution in [0.1, 0.15) is 6.42 Å². The van der Waals surface area contributed by atoms with Gasteiger partial charge in [-0.2, -0.15) is 0 Å².